The molecule has 1 atom stereocenters. The maximum atomic E-state index is 12.7. The zero-order valence-corrected chi connectivity index (χ0v) is 17.0. The fourth-order valence-electron chi connectivity index (χ4n) is 3.05. The topological polar surface area (TPSA) is 165 Å². The van der Waals surface area contributed by atoms with Gasteiger partial charge in [0, 0.05) is 37.8 Å². The second-order valence-electron chi connectivity index (χ2n) is 6.70. The van der Waals surface area contributed by atoms with Crippen LogP contribution in [0.2, 0.25) is 0 Å². The minimum absolute atomic E-state index is 0.0342. The van der Waals surface area contributed by atoms with Crippen LogP contribution in [-0.2, 0) is 14.8 Å². The number of nitro benzene ring substituents is 2. The summed E-state index contributed by atoms with van der Waals surface area (Å²) in [6.45, 7) is 0.701. The quantitative estimate of drug-likeness (QED) is 0.447. The van der Waals surface area contributed by atoms with Gasteiger partial charge in [0.15, 0.2) is 0 Å². The third-order valence-corrected chi connectivity index (χ3v) is 6.64. The summed E-state index contributed by atoms with van der Waals surface area (Å²) >= 11 is 0. The lowest BCUT2D eigenvalue weighted by Gasteiger charge is -2.26. The molecule has 1 fully saturated rings. The van der Waals surface area contributed by atoms with Crippen molar-refractivity contribution in [2.75, 3.05) is 38.2 Å². The SMILES string of the molecule is O=[N+]([O-])c1ccc(C(O)CNc2ccc(S(=O)(=O)N3CCOCC3)cc2[N+](=O)[O-])cc1. The lowest BCUT2D eigenvalue weighted by atomic mass is 10.1. The van der Waals surface area contributed by atoms with Gasteiger partial charge in [-0.1, -0.05) is 0 Å². The Balaban J connectivity index is 1.77. The minimum atomic E-state index is -3.90. The smallest absolute Gasteiger partial charge is 0.293 e. The number of ether oxygens (including phenoxy) is 1. The first-order valence-corrected chi connectivity index (χ1v) is 10.7. The summed E-state index contributed by atoms with van der Waals surface area (Å²) in [5.74, 6) is 0. The molecule has 12 nitrogen and oxygen atoms in total. The number of rotatable bonds is 8. The maximum absolute atomic E-state index is 12.7. The largest absolute Gasteiger partial charge is 0.387 e. The summed E-state index contributed by atoms with van der Waals surface area (Å²) in [6.07, 6.45) is -1.10. The fraction of sp³-hybridized carbons (Fsp3) is 0.333. The van der Waals surface area contributed by atoms with Crippen LogP contribution in [0, 0.1) is 20.2 Å². The van der Waals surface area contributed by atoms with Gasteiger partial charge < -0.3 is 15.2 Å². The third-order valence-electron chi connectivity index (χ3n) is 4.75. The van der Waals surface area contributed by atoms with Crippen LogP contribution in [-0.4, -0.2) is 60.5 Å². The van der Waals surface area contributed by atoms with E-state index < -0.39 is 31.7 Å². The van der Waals surface area contributed by atoms with Crippen molar-refractivity contribution in [1.82, 2.24) is 4.31 Å². The van der Waals surface area contributed by atoms with Crippen LogP contribution in [0.25, 0.3) is 0 Å². The lowest BCUT2D eigenvalue weighted by molar-refractivity contribution is -0.384. The van der Waals surface area contributed by atoms with E-state index in [1.807, 2.05) is 0 Å². The molecule has 1 unspecified atom stereocenters. The van der Waals surface area contributed by atoms with Crippen LogP contribution in [0.3, 0.4) is 0 Å². The van der Waals surface area contributed by atoms with Gasteiger partial charge >= 0.3 is 0 Å². The molecular formula is C18H20N4O8S. The first-order chi connectivity index (χ1) is 14.7. The van der Waals surface area contributed by atoms with E-state index in [2.05, 4.69) is 5.32 Å². The summed E-state index contributed by atoms with van der Waals surface area (Å²) < 4.78 is 31.8. The summed E-state index contributed by atoms with van der Waals surface area (Å²) in [7, 11) is -3.90. The summed E-state index contributed by atoms with van der Waals surface area (Å²) in [4.78, 5) is 20.7. The Morgan fingerprint density at radius 2 is 1.71 bits per heavy atom. The molecule has 0 spiro atoms. The first-order valence-electron chi connectivity index (χ1n) is 9.23. The van der Waals surface area contributed by atoms with Gasteiger partial charge in [0.2, 0.25) is 10.0 Å². The molecule has 0 amide bonds. The average Bonchev–Trinajstić information content (AvgIpc) is 2.77. The fourth-order valence-corrected chi connectivity index (χ4v) is 4.48. The van der Waals surface area contributed by atoms with E-state index in [9.17, 15) is 33.8 Å². The summed E-state index contributed by atoms with van der Waals surface area (Å²) in [6, 6.07) is 8.77. The van der Waals surface area contributed by atoms with Gasteiger partial charge in [0.05, 0.1) is 34.1 Å². The number of nitrogens with zero attached hydrogens (tertiary/aromatic N) is 3. The molecule has 0 aromatic heterocycles. The van der Waals surface area contributed by atoms with E-state index in [1.165, 1.54) is 40.7 Å². The average molecular weight is 452 g/mol. The molecule has 1 saturated heterocycles. The summed E-state index contributed by atoms with van der Waals surface area (Å²) in [5.41, 5.74) is -0.166. The van der Waals surface area contributed by atoms with Crippen molar-refractivity contribution in [3.05, 3.63) is 68.3 Å². The van der Waals surface area contributed by atoms with E-state index in [4.69, 9.17) is 4.74 Å². The Labute approximate surface area is 177 Å². The molecule has 2 aromatic carbocycles. The van der Waals surface area contributed by atoms with E-state index in [0.29, 0.717) is 5.56 Å². The van der Waals surface area contributed by atoms with Crippen molar-refractivity contribution >= 4 is 27.1 Å². The zero-order chi connectivity index (χ0) is 22.6. The predicted molar refractivity (Wildman–Crippen MR) is 109 cm³/mol. The van der Waals surface area contributed by atoms with Gasteiger partial charge in [-0.3, -0.25) is 20.2 Å². The van der Waals surface area contributed by atoms with Gasteiger partial charge in [-0.25, -0.2) is 8.42 Å². The molecule has 0 aliphatic carbocycles. The highest BCUT2D eigenvalue weighted by molar-refractivity contribution is 7.89. The van der Waals surface area contributed by atoms with Crippen molar-refractivity contribution in [3.63, 3.8) is 0 Å². The number of nitro groups is 2. The Morgan fingerprint density at radius 3 is 2.29 bits per heavy atom. The molecule has 3 rings (SSSR count). The Hall–Kier alpha value is -3.13. The molecular weight excluding hydrogens is 432 g/mol. The number of hydrogen-bond acceptors (Lipinski definition) is 9. The zero-order valence-electron chi connectivity index (χ0n) is 16.2. The van der Waals surface area contributed by atoms with E-state index in [-0.39, 0.29) is 49.1 Å². The molecule has 1 aliphatic rings. The minimum Gasteiger partial charge on any atom is -0.387 e. The number of anilines is 1. The highest BCUT2D eigenvalue weighted by atomic mass is 32.2. The lowest BCUT2D eigenvalue weighted by Crippen LogP contribution is -2.40. The molecule has 0 saturated carbocycles. The molecule has 0 radical (unpaired) electrons. The standard InChI is InChI=1S/C18H20N4O8S/c23-18(13-1-3-14(4-2-13)21(24)25)12-19-16-6-5-15(11-17(16)22(26)27)31(28,29)20-7-9-30-10-8-20/h1-6,11,18-19,23H,7-10,12H2. The van der Waals surface area contributed by atoms with Crippen LogP contribution >= 0.6 is 0 Å². The third kappa shape index (κ3) is 5.14. The Bertz CT molecular complexity index is 1070. The van der Waals surface area contributed by atoms with E-state index >= 15 is 0 Å². The number of benzene rings is 2. The van der Waals surface area contributed by atoms with Gasteiger partial charge in [-0.15, -0.1) is 0 Å². The van der Waals surface area contributed by atoms with Crippen molar-refractivity contribution in [2.24, 2.45) is 0 Å². The molecule has 2 N–H and O–H groups in total. The first kappa shape index (κ1) is 22.6. The Kier molecular flexibility index (Phi) is 6.80. The van der Waals surface area contributed by atoms with Crippen LogP contribution < -0.4 is 5.32 Å². The van der Waals surface area contributed by atoms with Crippen molar-refractivity contribution in [1.29, 1.82) is 0 Å². The molecule has 1 heterocycles. The Morgan fingerprint density at radius 1 is 1.06 bits per heavy atom. The van der Waals surface area contributed by atoms with Crippen molar-refractivity contribution < 1.29 is 28.1 Å². The number of aliphatic hydroxyl groups excluding tert-OH is 1. The van der Waals surface area contributed by atoms with E-state index in [0.717, 1.165) is 6.07 Å². The van der Waals surface area contributed by atoms with Gasteiger partial charge in [-0.05, 0) is 29.8 Å². The van der Waals surface area contributed by atoms with Crippen molar-refractivity contribution in [3.8, 4) is 0 Å². The molecule has 1 aliphatic heterocycles. The van der Waals surface area contributed by atoms with Crippen LogP contribution in [0.1, 0.15) is 11.7 Å². The molecule has 31 heavy (non-hydrogen) atoms. The number of sulfonamides is 1. The summed E-state index contributed by atoms with van der Waals surface area (Å²) in [5, 5.41) is 35.2. The van der Waals surface area contributed by atoms with Crippen molar-refractivity contribution in [2.45, 2.75) is 11.0 Å². The number of morpholine rings is 1. The molecule has 0 bridgehead atoms. The van der Waals surface area contributed by atoms with Crippen LogP contribution in [0.5, 0.6) is 0 Å². The number of aliphatic hydroxyl groups is 1. The number of nitrogens with one attached hydrogen (secondary N) is 1. The van der Waals surface area contributed by atoms with Gasteiger partial charge in [-0.2, -0.15) is 4.31 Å². The monoisotopic (exact) mass is 452 g/mol. The molecule has 2 aromatic rings. The molecule has 166 valence electrons. The van der Waals surface area contributed by atoms with Crippen LogP contribution in [0.4, 0.5) is 17.1 Å². The normalized spacial score (nSPS) is 15.9. The second kappa shape index (κ2) is 9.34. The molecule has 13 heteroatoms. The van der Waals surface area contributed by atoms with Crippen LogP contribution in [0.15, 0.2) is 47.4 Å². The number of hydrogen-bond donors (Lipinski definition) is 2. The van der Waals surface area contributed by atoms with Gasteiger partial charge in [0.25, 0.3) is 11.4 Å². The highest BCUT2D eigenvalue weighted by Crippen LogP contribution is 2.30. The number of non-ortho nitro benzene ring substituents is 1. The second-order valence-corrected chi connectivity index (χ2v) is 8.64. The predicted octanol–water partition coefficient (Wildman–Crippen LogP) is 1.67. The highest BCUT2D eigenvalue weighted by Gasteiger charge is 2.29. The van der Waals surface area contributed by atoms with Gasteiger partial charge in [0.1, 0.15) is 5.69 Å². The van der Waals surface area contributed by atoms with E-state index in [1.54, 1.807) is 0 Å². The maximum Gasteiger partial charge on any atom is 0.293 e.